The molecule has 4 nitrogen and oxygen atoms in total. The Hall–Kier alpha value is -0.610. The average Bonchev–Trinajstić information content (AvgIpc) is 2.69. The SMILES string of the molecule is CCN(C)CCC1CCCC1(NC)C(=O)O. The van der Waals surface area contributed by atoms with Gasteiger partial charge < -0.3 is 15.3 Å². The molecule has 1 saturated carbocycles. The summed E-state index contributed by atoms with van der Waals surface area (Å²) in [4.78, 5) is 13.6. The van der Waals surface area contributed by atoms with E-state index in [0.29, 0.717) is 0 Å². The van der Waals surface area contributed by atoms with Crippen LogP contribution in [0.25, 0.3) is 0 Å². The van der Waals surface area contributed by atoms with Crippen LogP contribution < -0.4 is 5.32 Å². The second-order valence-electron chi connectivity index (χ2n) is 4.80. The summed E-state index contributed by atoms with van der Waals surface area (Å²) in [5, 5.41) is 12.4. The van der Waals surface area contributed by atoms with Gasteiger partial charge in [-0.1, -0.05) is 13.3 Å². The zero-order valence-electron chi connectivity index (χ0n) is 10.6. The van der Waals surface area contributed by atoms with Gasteiger partial charge in [-0.15, -0.1) is 0 Å². The lowest BCUT2D eigenvalue weighted by atomic mass is 9.84. The van der Waals surface area contributed by atoms with E-state index in [9.17, 15) is 9.90 Å². The van der Waals surface area contributed by atoms with Gasteiger partial charge in [-0.2, -0.15) is 0 Å². The molecule has 94 valence electrons. The highest BCUT2D eigenvalue weighted by Crippen LogP contribution is 2.38. The zero-order chi connectivity index (χ0) is 12.2. The average molecular weight is 228 g/mol. The van der Waals surface area contributed by atoms with Crippen molar-refractivity contribution in [2.75, 3.05) is 27.2 Å². The minimum Gasteiger partial charge on any atom is -0.480 e. The Morgan fingerprint density at radius 3 is 2.81 bits per heavy atom. The first-order valence-corrected chi connectivity index (χ1v) is 6.17. The molecule has 0 radical (unpaired) electrons. The first kappa shape index (κ1) is 13.5. The fraction of sp³-hybridized carbons (Fsp3) is 0.917. The maximum absolute atomic E-state index is 11.4. The van der Waals surface area contributed by atoms with Crippen molar-refractivity contribution in [3.05, 3.63) is 0 Å². The lowest BCUT2D eigenvalue weighted by molar-refractivity contribution is -0.146. The third-order valence-corrected chi connectivity index (χ3v) is 4.05. The molecule has 4 heteroatoms. The van der Waals surface area contributed by atoms with Crippen molar-refractivity contribution in [2.45, 2.75) is 38.1 Å². The Labute approximate surface area is 98.0 Å². The molecule has 1 fully saturated rings. The molecular weight excluding hydrogens is 204 g/mol. The maximum atomic E-state index is 11.4. The first-order chi connectivity index (χ1) is 7.56. The van der Waals surface area contributed by atoms with Crippen LogP contribution >= 0.6 is 0 Å². The molecule has 0 bridgehead atoms. The molecule has 1 aliphatic carbocycles. The van der Waals surface area contributed by atoms with Crippen molar-refractivity contribution >= 4 is 5.97 Å². The van der Waals surface area contributed by atoms with E-state index in [1.807, 2.05) is 0 Å². The highest BCUT2D eigenvalue weighted by Gasteiger charge is 2.47. The van der Waals surface area contributed by atoms with Gasteiger partial charge in [0.15, 0.2) is 0 Å². The fourth-order valence-electron chi connectivity index (χ4n) is 2.72. The van der Waals surface area contributed by atoms with E-state index >= 15 is 0 Å². The van der Waals surface area contributed by atoms with E-state index in [1.165, 1.54) is 0 Å². The van der Waals surface area contributed by atoms with Gasteiger partial charge in [0, 0.05) is 0 Å². The third-order valence-electron chi connectivity index (χ3n) is 4.05. The van der Waals surface area contributed by atoms with Gasteiger partial charge in [0.2, 0.25) is 0 Å². The van der Waals surface area contributed by atoms with Crippen LogP contribution in [0.5, 0.6) is 0 Å². The molecule has 0 spiro atoms. The van der Waals surface area contributed by atoms with Gasteiger partial charge in [-0.05, 0) is 52.4 Å². The molecule has 0 aromatic rings. The van der Waals surface area contributed by atoms with Crippen LogP contribution in [-0.2, 0) is 4.79 Å². The van der Waals surface area contributed by atoms with Crippen molar-refractivity contribution in [1.82, 2.24) is 10.2 Å². The number of rotatable bonds is 6. The molecule has 2 unspecified atom stereocenters. The van der Waals surface area contributed by atoms with Crippen molar-refractivity contribution < 1.29 is 9.90 Å². The van der Waals surface area contributed by atoms with E-state index in [-0.39, 0.29) is 5.92 Å². The number of nitrogens with zero attached hydrogens (tertiary/aromatic N) is 1. The highest BCUT2D eigenvalue weighted by molar-refractivity contribution is 5.79. The lowest BCUT2D eigenvalue weighted by Crippen LogP contribution is -2.53. The third kappa shape index (κ3) is 2.55. The largest absolute Gasteiger partial charge is 0.480 e. The second kappa shape index (κ2) is 5.64. The van der Waals surface area contributed by atoms with Gasteiger partial charge in [-0.3, -0.25) is 4.79 Å². The molecule has 0 amide bonds. The summed E-state index contributed by atoms with van der Waals surface area (Å²) in [7, 11) is 3.85. The smallest absolute Gasteiger partial charge is 0.324 e. The number of carboxylic acids is 1. The van der Waals surface area contributed by atoms with Gasteiger partial charge >= 0.3 is 5.97 Å². The van der Waals surface area contributed by atoms with E-state index in [4.69, 9.17) is 0 Å². The Kier molecular flexibility index (Phi) is 4.74. The molecule has 0 aromatic carbocycles. The predicted molar refractivity (Wildman–Crippen MR) is 64.6 cm³/mol. The number of hydrogen-bond acceptors (Lipinski definition) is 3. The Bertz CT molecular complexity index is 245. The van der Waals surface area contributed by atoms with Crippen LogP contribution in [0.15, 0.2) is 0 Å². The molecule has 0 aromatic heterocycles. The molecule has 2 atom stereocenters. The van der Waals surface area contributed by atoms with E-state index in [1.54, 1.807) is 7.05 Å². The van der Waals surface area contributed by atoms with Crippen LogP contribution in [0.1, 0.15) is 32.6 Å². The Morgan fingerprint density at radius 1 is 1.62 bits per heavy atom. The Morgan fingerprint density at radius 2 is 2.31 bits per heavy atom. The summed E-state index contributed by atoms with van der Waals surface area (Å²) < 4.78 is 0. The van der Waals surface area contributed by atoms with Crippen LogP contribution in [0, 0.1) is 5.92 Å². The quantitative estimate of drug-likeness (QED) is 0.716. The van der Waals surface area contributed by atoms with Crippen molar-refractivity contribution in [3.8, 4) is 0 Å². The topological polar surface area (TPSA) is 52.6 Å². The normalized spacial score (nSPS) is 29.9. The molecule has 1 rings (SSSR count). The summed E-state index contributed by atoms with van der Waals surface area (Å²) in [6.07, 6.45) is 3.79. The van der Waals surface area contributed by atoms with Gasteiger partial charge in [0.05, 0.1) is 0 Å². The van der Waals surface area contributed by atoms with Crippen LogP contribution in [-0.4, -0.2) is 48.7 Å². The molecule has 0 heterocycles. The second-order valence-corrected chi connectivity index (χ2v) is 4.80. The molecule has 0 aliphatic heterocycles. The van der Waals surface area contributed by atoms with Crippen molar-refractivity contribution in [1.29, 1.82) is 0 Å². The number of aliphatic carboxylic acids is 1. The maximum Gasteiger partial charge on any atom is 0.324 e. The van der Waals surface area contributed by atoms with Crippen molar-refractivity contribution in [2.24, 2.45) is 5.92 Å². The standard InChI is InChI=1S/C12H24N2O2/c1-4-14(3)9-7-10-6-5-8-12(10,13-2)11(15)16/h10,13H,4-9H2,1-3H3,(H,15,16). The number of hydrogen-bond donors (Lipinski definition) is 2. The molecule has 2 N–H and O–H groups in total. The molecule has 1 aliphatic rings. The number of carboxylic acid groups (broad SMARTS) is 1. The van der Waals surface area contributed by atoms with E-state index < -0.39 is 11.5 Å². The van der Waals surface area contributed by atoms with Gasteiger partial charge in [-0.25, -0.2) is 0 Å². The number of carbonyl (C=O) groups is 1. The Balaban J connectivity index is 2.60. The van der Waals surface area contributed by atoms with Crippen LogP contribution in [0.3, 0.4) is 0 Å². The van der Waals surface area contributed by atoms with E-state index in [0.717, 1.165) is 38.8 Å². The lowest BCUT2D eigenvalue weighted by Gasteiger charge is -2.32. The first-order valence-electron chi connectivity index (χ1n) is 6.17. The molecule has 16 heavy (non-hydrogen) atoms. The van der Waals surface area contributed by atoms with Crippen molar-refractivity contribution in [3.63, 3.8) is 0 Å². The van der Waals surface area contributed by atoms with Gasteiger partial charge in [0.25, 0.3) is 0 Å². The van der Waals surface area contributed by atoms with Crippen LogP contribution in [0.2, 0.25) is 0 Å². The zero-order valence-corrected chi connectivity index (χ0v) is 10.6. The summed E-state index contributed by atoms with van der Waals surface area (Å²) in [6.45, 7) is 4.13. The summed E-state index contributed by atoms with van der Waals surface area (Å²) in [6, 6.07) is 0. The predicted octanol–water partition coefficient (Wildman–Crippen LogP) is 1.17. The molecule has 0 saturated heterocycles. The summed E-state index contributed by atoms with van der Waals surface area (Å²) in [5.74, 6) is -0.416. The van der Waals surface area contributed by atoms with E-state index in [2.05, 4.69) is 24.2 Å². The number of nitrogens with one attached hydrogen (secondary N) is 1. The molecular formula is C12H24N2O2. The minimum absolute atomic E-state index is 0.268. The summed E-state index contributed by atoms with van der Waals surface area (Å²) >= 11 is 0. The monoisotopic (exact) mass is 228 g/mol. The fourth-order valence-corrected chi connectivity index (χ4v) is 2.72. The highest BCUT2D eigenvalue weighted by atomic mass is 16.4. The van der Waals surface area contributed by atoms with Crippen LogP contribution in [0.4, 0.5) is 0 Å². The number of likely N-dealkylation sites (N-methyl/N-ethyl adjacent to an activating group) is 1. The van der Waals surface area contributed by atoms with Gasteiger partial charge in [0.1, 0.15) is 5.54 Å². The minimum atomic E-state index is -0.684. The summed E-state index contributed by atoms with van der Waals surface area (Å²) in [5.41, 5.74) is -0.672.